The number of rotatable bonds is 5. The van der Waals surface area contributed by atoms with Crippen molar-refractivity contribution in [3.8, 4) is 0 Å². The van der Waals surface area contributed by atoms with E-state index in [0.29, 0.717) is 12.1 Å². The Hall–Kier alpha value is -1.33. The third-order valence-electron chi connectivity index (χ3n) is 2.91. The van der Waals surface area contributed by atoms with E-state index in [-0.39, 0.29) is 5.91 Å². The van der Waals surface area contributed by atoms with Crippen LogP contribution in [0.1, 0.15) is 27.7 Å². The maximum Gasteiger partial charge on any atom is 0.251 e. The smallest absolute Gasteiger partial charge is 0.251 e. The summed E-state index contributed by atoms with van der Waals surface area (Å²) in [6.07, 6.45) is 0. The summed E-state index contributed by atoms with van der Waals surface area (Å²) in [5.74, 6) is -0.0410. The van der Waals surface area contributed by atoms with Crippen molar-refractivity contribution in [2.24, 2.45) is 0 Å². The van der Waals surface area contributed by atoms with Crippen molar-refractivity contribution in [2.75, 3.05) is 11.9 Å². The predicted molar refractivity (Wildman–Crippen MR) is 88.5 cm³/mol. The molecule has 0 saturated carbocycles. The normalized spacial score (nSPS) is 10.3. The fourth-order valence-corrected chi connectivity index (χ4v) is 3.33. The molecule has 0 bridgehead atoms. The molecule has 3 nitrogen and oxygen atoms in total. The van der Waals surface area contributed by atoms with Crippen LogP contribution in [-0.4, -0.2) is 12.5 Å². The summed E-state index contributed by atoms with van der Waals surface area (Å²) < 4.78 is 1.08. The first-order chi connectivity index (χ1) is 9.60. The molecule has 0 fully saturated rings. The van der Waals surface area contributed by atoms with Gasteiger partial charge in [0.2, 0.25) is 0 Å². The first-order valence-electron chi connectivity index (χ1n) is 6.47. The first-order valence-corrected chi connectivity index (χ1v) is 8.08. The van der Waals surface area contributed by atoms with Gasteiger partial charge in [-0.05, 0) is 65.7 Å². The number of hydrogen-bond donors (Lipinski definition) is 2. The lowest BCUT2D eigenvalue weighted by Gasteiger charge is -2.09. The Morgan fingerprint density at radius 2 is 2.10 bits per heavy atom. The van der Waals surface area contributed by atoms with Crippen molar-refractivity contribution >= 4 is 38.9 Å². The van der Waals surface area contributed by atoms with Gasteiger partial charge in [0.1, 0.15) is 0 Å². The van der Waals surface area contributed by atoms with Crippen LogP contribution in [0, 0.1) is 6.92 Å². The first kappa shape index (κ1) is 15.1. The number of hydrogen-bond acceptors (Lipinski definition) is 3. The number of anilines is 1. The highest BCUT2D eigenvalue weighted by molar-refractivity contribution is 9.11. The third-order valence-corrected chi connectivity index (χ3v) is 4.53. The van der Waals surface area contributed by atoms with Crippen LogP contribution in [0.5, 0.6) is 0 Å². The van der Waals surface area contributed by atoms with E-state index in [1.165, 1.54) is 0 Å². The fraction of sp³-hybridized carbons (Fsp3) is 0.267. The van der Waals surface area contributed by atoms with E-state index in [1.807, 2.05) is 37.3 Å². The van der Waals surface area contributed by atoms with Gasteiger partial charge in [0.25, 0.3) is 5.91 Å². The molecule has 0 aliphatic heterocycles. The summed E-state index contributed by atoms with van der Waals surface area (Å²) in [5, 5.41) is 6.20. The Kier molecular flexibility index (Phi) is 5.20. The topological polar surface area (TPSA) is 41.1 Å². The second-order valence-corrected chi connectivity index (χ2v) is 7.00. The Labute approximate surface area is 131 Å². The summed E-state index contributed by atoms with van der Waals surface area (Å²) in [6, 6.07) is 9.72. The van der Waals surface area contributed by atoms with Crippen molar-refractivity contribution in [3.63, 3.8) is 0 Å². The van der Waals surface area contributed by atoms with Gasteiger partial charge < -0.3 is 10.6 Å². The van der Waals surface area contributed by atoms with Crippen LogP contribution in [0.2, 0.25) is 0 Å². The molecule has 1 amide bonds. The van der Waals surface area contributed by atoms with Gasteiger partial charge in [0.15, 0.2) is 0 Å². The number of halogens is 1. The van der Waals surface area contributed by atoms with Crippen LogP contribution in [0.15, 0.2) is 34.1 Å². The molecule has 106 valence electrons. The summed E-state index contributed by atoms with van der Waals surface area (Å²) >= 11 is 5.04. The minimum absolute atomic E-state index is 0.0410. The summed E-state index contributed by atoms with van der Waals surface area (Å²) in [5.41, 5.74) is 2.85. The lowest BCUT2D eigenvalue weighted by molar-refractivity contribution is 0.0951. The van der Waals surface area contributed by atoms with E-state index < -0.39 is 0 Å². The van der Waals surface area contributed by atoms with Gasteiger partial charge in [-0.2, -0.15) is 0 Å². The van der Waals surface area contributed by atoms with E-state index in [1.54, 1.807) is 11.3 Å². The molecule has 0 unspecified atom stereocenters. The van der Waals surface area contributed by atoms with Gasteiger partial charge in [-0.15, -0.1) is 11.3 Å². The van der Waals surface area contributed by atoms with E-state index in [2.05, 4.69) is 33.5 Å². The third kappa shape index (κ3) is 3.84. The lowest BCUT2D eigenvalue weighted by atomic mass is 10.1. The Morgan fingerprint density at radius 3 is 2.70 bits per heavy atom. The van der Waals surface area contributed by atoms with Gasteiger partial charge >= 0.3 is 0 Å². The average Bonchev–Trinajstić information content (AvgIpc) is 2.84. The molecule has 0 aliphatic carbocycles. The molecule has 0 aliphatic rings. The van der Waals surface area contributed by atoms with Gasteiger partial charge in [-0.1, -0.05) is 0 Å². The number of benzene rings is 1. The van der Waals surface area contributed by atoms with E-state index >= 15 is 0 Å². The maximum absolute atomic E-state index is 12.1. The number of nitrogens with one attached hydrogen (secondary N) is 2. The highest BCUT2D eigenvalue weighted by Gasteiger charge is 2.08. The van der Waals surface area contributed by atoms with Gasteiger partial charge in [0, 0.05) is 22.7 Å². The predicted octanol–water partition coefficient (Wildman–Crippen LogP) is 4.18. The average molecular weight is 353 g/mol. The molecule has 2 N–H and O–H groups in total. The molecule has 0 saturated heterocycles. The Morgan fingerprint density at radius 1 is 1.30 bits per heavy atom. The molecule has 0 radical (unpaired) electrons. The van der Waals surface area contributed by atoms with E-state index in [4.69, 9.17) is 0 Å². The number of aryl methyl sites for hydroxylation is 1. The highest BCUT2D eigenvalue weighted by Crippen LogP contribution is 2.22. The molecule has 1 aromatic carbocycles. The zero-order chi connectivity index (χ0) is 14.5. The monoisotopic (exact) mass is 352 g/mol. The van der Waals surface area contributed by atoms with Gasteiger partial charge in [-0.3, -0.25) is 4.79 Å². The second-order valence-electron chi connectivity index (χ2n) is 4.45. The summed E-state index contributed by atoms with van der Waals surface area (Å²) in [6.45, 7) is 5.49. The molecule has 0 spiro atoms. The minimum Gasteiger partial charge on any atom is -0.385 e. The molecule has 1 heterocycles. The standard InChI is InChI=1S/C15H17BrN2OS/c1-3-17-13-6-4-11(8-10(13)2)15(19)18-9-12-5-7-14(16)20-12/h4-8,17H,3,9H2,1-2H3,(H,18,19). The number of thiophene rings is 1. The summed E-state index contributed by atoms with van der Waals surface area (Å²) in [7, 11) is 0. The van der Waals surface area contributed by atoms with Crippen LogP contribution in [0.3, 0.4) is 0 Å². The Balaban J connectivity index is 2.00. The van der Waals surface area contributed by atoms with Crippen molar-refractivity contribution in [1.29, 1.82) is 0 Å². The van der Waals surface area contributed by atoms with Crippen LogP contribution in [0.4, 0.5) is 5.69 Å². The zero-order valence-corrected chi connectivity index (χ0v) is 13.9. The summed E-state index contributed by atoms with van der Waals surface area (Å²) in [4.78, 5) is 13.2. The van der Waals surface area contributed by atoms with Crippen LogP contribution in [0.25, 0.3) is 0 Å². The Bertz CT molecular complexity index is 610. The quantitative estimate of drug-likeness (QED) is 0.847. The SMILES string of the molecule is CCNc1ccc(C(=O)NCc2ccc(Br)s2)cc1C. The highest BCUT2D eigenvalue weighted by atomic mass is 79.9. The van der Waals surface area contributed by atoms with Crippen LogP contribution >= 0.6 is 27.3 Å². The zero-order valence-electron chi connectivity index (χ0n) is 11.5. The molecule has 2 aromatic rings. The molecule has 5 heteroatoms. The number of carbonyl (C=O) groups is 1. The van der Waals surface area contributed by atoms with Crippen molar-refractivity contribution in [1.82, 2.24) is 5.32 Å². The second kappa shape index (κ2) is 6.90. The lowest BCUT2D eigenvalue weighted by Crippen LogP contribution is -2.22. The fourth-order valence-electron chi connectivity index (χ4n) is 1.91. The van der Waals surface area contributed by atoms with Gasteiger partial charge in [0.05, 0.1) is 10.3 Å². The molecule has 2 rings (SSSR count). The minimum atomic E-state index is -0.0410. The van der Waals surface area contributed by atoms with E-state index in [9.17, 15) is 4.79 Å². The van der Waals surface area contributed by atoms with Crippen molar-refractivity contribution in [3.05, 3.63) is 50.1 Å². The van der Waals surface area contributed by atoms with Crippen LogP contribution in [-0.2, 0) is 6.54 Å². The van der Waals surface area contributed by atoms with Crippen LogP contribution < -0.4 is 10.6 Å². The van der Waals surface area contributed by atoms with Crippen molar-refractivity contribution < 1.29 is 4.79 Å². The number of amides is 1. The molecular formula is C15H17BrN2OS. The molecule has 1 aromatic heterocycles. The molecule has 0 atom stereocenters. The maximum atomic E-state index is 12.1. The van der Waals surface area contributed by atoms with Gasteiger partial charge in [-0.25, -0.2) is 0 Å². The van der Waals surface area contributed by atoms with E-state index in [0.717, 1.165) is 26.5 Å². The molecule has 20 heavy (non-hydrogen) atoms. The van der Waals surface area contributed by atoms with Crippen molar-refractivity contribution in [2.45, 2.75) is 20.4 Å². The largest absolute Gasteiger partial charge is 0.385 e. The number of carbonyl (C=O) groups excluding carboxylic acids is 1. The molecular weight excluding hydrogens is 336 g/mol.